The predicted molar refractivity (Wildman–Crippen MR) is 80.3 cm³/mol. The Bertz CT molecular complexity index is 689. The molecule has 6 heteroatoms. The molecule has 0 aromatic carbocycles. The molecule has 0 unspecified atom stereocenters. The van der Waals surface area contributed by atoms with Gasteiger partial charge in [0, 0.05) is 24.6 Å². The monoisotopic (exact) mass is 298 g/mol. The molecule has 1 amide bonds. The van der Waals surface area contributed by atoms with Crippen molar-refractivity contribution in [2.24, 2.45) is 0 Å². The zero-order chi connectivity index (χ0) is 15.5. The first-order valence-electron chi connectivity index (χ1n) is 7.25. The van der Waals surface area contributed by atoms with Gasteiger partial charge in [-0.05, 0) is 31.5 Å². The Morgan fingerprint density at radius 1 is 1.36 bits per heavy atom. The van der Waals surface area contributed by atoms with Crippen LogP contribution in [0.25, 0.3) is 0 Å². The van der Waals surface area contributed by atoms with Gasteiger partial charge in [0.2, 0.25) is 0 Å². The molecule has 2 aromatic heterocycles. The van der Waals surface area contributed by atoms with Gasteiger partial charge in [-0.1, -0.05) is 0 Å². The molecule has 3 rings (SSSR count). The van der Waals surface area contributed by atoms with Crippen LogP contribution < -0.4 is 0 Å². The topological polar surface area (TPSA) is 68.2 Å². The number of carbonyl (C=O) groups is 1. The Morgan fingerprint density at radius 2 is 2.23 bits per heavy atom. The Kier molecular flexibility index (Phi) is 4.11. The van der Waals surface area contributed by atoms with Gasteiger partial charge in [-0.3, -0.25) is 9.78 Å². The van der Waals surface area contributed by atoms with Crippen LogP contribution in [0.4, 0.5) is 0 Å². The van der Waals surface area contributed by atoms with E-state index in [1.165, 1.54) is 6.33 Å². The molecule has 1 fully saturated rings. The first-order chi connectivity index (χ1) is 10.6. The van der Waals surface area contributed by atoms with Crippen molar-refractivity contribution in [3.8, 4) is 0 Å². The van der Waals surface area contributed by atoms with E-state index in [0.29, 0.717) is 31.0 Å². The third-order valence-corrected chi connectivity index (χ3v) is 3.79. The zero-order valence-corrected chi connectivity index (χ0v) is 12.7. The van der Waals surface area contributed by atoms with Gasteiger partial charge in [0.15, 0.2) is 0 Å². The maximum atomic E-state index is 12.6. The highest BCUT2D eigenvalue weighted by Crippen LogP contribution is 2.23. The van der Waals surface area contributed by atoms with E-state index in [2.05, 4.69) is 15.0 Å². The molecule has 22 heavy (non-hydrogen) atoms. The van der Waals surface area contributed by atoms with Crippen LogP contribution >= 0.6 is 0 Å². The second-order valence-electron chi connectivity index (χ2n) is 5.36. The maximum Gasteiger partial charge on any atom is 0.257 e. The van der Waals surface area contributed by atoms with Crippen LogP contribution in [0.3, 0.4) is 0 Å². The number of aryl methyl sites for hydroxylation is 2. The third-order valence-electron chi connectivity index (χ3n) is 3.79. The minimum Gasteiger partial charge on any atom is -0.370 e. The standard InChI is InChI=1S/C16H18N4O2/c1-11-7-13(3-4-18-11)15-9-20(5-6-22-15)16(21)14-8-17-10-19-12(14)2/h3-4,7-8,10,15H,5-6,9H2,1-2H3/t15-/m0/s1. The second kappa shape index (κ2) is 6.19. The van der Waals surface area contributed by atoms with Gasteiger partial charge in [-0.15, -0.1) is 0 Å². The number of hydrogen-bond acceptors (Lipinski definition) is 5. The molecular formula is C16H18N4O2. The van der Waals surface area contributed by atoms with Gasteiger partial charge < -0.3 is 9.64 Å². The largest absolute Gasteiger partial charge is 0.370 e. The average molecular weight is 298 g/mol. The summed E-state index contributed by atoms with van der Waals surface area (Å²) in [5, 5.41) is 0. The van der Waals surface area contributed by atoms with E-state index in [0.717, 1.165) is 11.3 Å². The van der Waals surface area contributed by atoms with E-state index >= 15 is 0 Å². The van der Waals surface area contributed by atoms with E-state index < -0.39 is 0 Å². The maximum absolute atomic E-state index is 12.6. The molecule has 0 N–H and O–H groups in total. The third kappa shape index (κ3) is 2.96. The summed E-state index contributed by atoms with van der Waals surface area (Å²) in [6, 6.07) is 3.93. The van der Waals surface area contributed by atoms with Crippen molar-refractivity contribution in [3.05, 3.63) is 53.4 Å². The Hall–Kier alpha value is -2.34. The summed E-state index contributed by atoms with van der Waals surface area (Å²) in [6.07, 6.45) is 4.67. The van der Waals surface area contributed by atoms with Crippen LogP contribution in [-0.2, 0) is 4.74 Å². The summed E-state index contributed by atoms with van der Waals surface area (Å²) < 4.78 is 5.81. The van der Waals surface area contributed by atoms with Crippen LogP contribution in [0.1, 0.15) is 33.4 Å². The highest BCUT2D eigenvalue weighted by Gasteiger charge is 2.27. The predicted octanol–water partition coefficient (Wildman–Crippen LogP) is 1.70. The fourth-order valence-corrected chi connectivity index (χ4v) is 2.57. The molecule has 0 spiro atoms. The number of amides is 1. The molecule has 3 heterocycles. The summed E-state index contributed by atoms with van der Waals surface area (Å²) in [6.45, 7) is 5.38. The summed E-state index contributed by atoms with van der Waals surface area (Å²) in [7, 11) is 0. The van der Waals surface area contributed by atoms with Crippen LogP contribution in [-0.4, -0.2) is 45.5 Å². The highest BCUT2D eigenvalue weighted by molar-refractivity contribution is 5.95. The number of morpholine rings is 1. The van der Waals surface area contributed by atoms with Gasteiger partial charge in [0.05, 0.1) is 24.4 Å². The van der Waals surface area contributed by atoms with E-state index in [4.69, 9.17) is 4.74 Å². The molecule has 0 saturated carbocycles. The minimum atomic E-state index is -0.121. The average Bonchev–Trinajstić information content (AvgIpc) is 2.55. The SMILES string of the molecule is Cc1cc([C@@H]2CN(C(=O)c3cncnc3C)CCO2)ccn1. The fraction of sp³-hybridized carbons (Fsp3) is 0.375. The lowest BCUT2D eigenvalue weighted by Gasteiger charge is -2.33. The molecule has 0 bridgehead atoms. The van der Waals surface area contributed by atoms with Gasteiger partial charge in [0.1, 0.15) is 12.4 Å². The molecule has 0 radical (unpaired) electrons. The van der Waals surface area contributed by atoms with Gasteiger partial charge >= 0.3 is 0 Å². The van der Waals surface area contributed by atoms with Gasteiger partial charge in [0.25, 0.3) is 5.91 Å². The number of aromatic nitrogens is 3. The van der Waals surface area contributed by atoms with Crippen LogP contribution in [0.15, 0.2) is 30.9 Å². The Morgan fingerprint density at radius 3 is 3.00 bits per heavy atom. The van der Waals surface area contributed by atoms with Gasteiger partial charge in [-0.2, -0.15) is 0 Å². The van der Waals surface area contributed by atoms with E-state index in [9.17, 15) is 4.79 Å². The van der Waals surface area contributed by atoms with Crippen molar-refractivity contribution < 1.29 is 9.53 Å². The van der Waals surface area contributed by atoms with E-state index in [-0.39, 0.29) is 12.0 Å². The van der Waals surface area contributed by atoms with Crippen LogP contribution in [0.5, 0.6) is 0 Å². The summed E-state index contributed by atoms with van der Waals surface area (Å²) >= 11 is 0. The van der Waals surface area contributed by atoms with Crippen LogP contribution in [0, 0.1) is 13.8 Å². The second-order valence-corrected chi connectivity index (χ2v) is 5.36. The molecule has 6 nitrogen and oxygen atoms in total. The number of hydrogen-bond donors (Lipinski definition) is 0. The summed E-state index contributed by atoms with van der Waals surface area (Å²) in [5.74, 6) is -0.0443. The molecule has 114 valence electrons. The lowest BCUT2D eigenvalue weighted by Crippen LogP contribution is -2.42. The van der Waals surface area contributed by atoms with Crippen molar-refractivity contribution in [1.29, 1.82) is 0 Å². The number of nitrogens with zero attached hydrogens (tertiary/aromatic N) is 4. The van der Waals surface area contributed by atoms with Crippen molar-refractivity contribution in [1.82, 2.24) is 19.9 Å². The first kappa shape index (κ1) is 14.6. The highest BCUT2D eigenvalue weighted by atomic mass is 16.5. The van der Waals surface area contributed by atoms with Crippen molar-refractivity contribution >= 4 is 5.91 Å². The van der Waals surface area contributed by atoms with E-state index in [1.807, 2.05) is 26.0 Å². The first-order valence-corrected chi connectivity index (χ1v) is 7.25. The zero-order valence-electron chi connectivity index (χ0n) is 12.7. The molecule has 1 saturated heterocycles. The number of pyridine rings is 1. The quantitative estimate of drug-likeness (QED) is 0.844. The fourth-order valence-electron chi connectivity index (χ4n) is 2.57. The minimum absolute atomic E-state index is 0.0443. The normalized spacial score (nSPS) is 18.3. The van der Waals surface area contributed by atoms with Crippen LogP contribution in [0.2, 0.25) is 0 Å². The van der Waals surface area contributed by atoms with Crippen molar-refractivity contribution in [2.45, 2.75) is 20.0 Å². The van der Waals surface area contributed by atoms with E-state index in [1.54, 1.807) is 17.3 Å². The number of carbonyl (C=O) groups excluding carboxylic acids is 1. The summed E-state index contributed by atoms with van der Waals surface area (Å²) in [4.78, 5) is 26.7. The smallest absolute Gasteiger partial charge is 0.257 e. The van der Waals surface area contributed by atoms with Crippen molar-refractivity contribution in [3.63, 3.8) is 0 Å². The molecule has 2 aromatic rings. The molecule has 1 aliphatic rings. The molecule has 1 atom stereocenters. The number of ether oxygens (including phenoxy) is 1. The Balaban J connectivity index is 1.78. The van der Waals surface area contributed by atoms with Crippen molar-refractivity contribution in [2.75, 3.05) is 19.7 Å². The molecule has 0 aliphatic carbocycles. The lowest BCUT2D eigenvalue weighted by molar-refractivity contribution is -0.0229. The number of rotatable bonds is 2. The van der Waals surface area contributed by atoms with Gasteiger partial charge in [-0.25, -0.2) is 9.97 Å². The molecule has 1 aliphatic heterocycles. The molecular weight excluding hydrogens is 280 g/mol. The Labute approximate surface area is 129 Å². The summed E-state index contributed by atoms with van der Waals surface area (Å²) in [5.41, 5.74) is 3.24. The lowest BCUT2D eigenvalue weighted by atomic mass is 10.1.